The molecule has 0 fully saturated rings. The summed E-state index contributed by atoms with van der Waals surface area (Å²) in [6, 6.07) is 2.09. The smallest absolute Gasteiger partial charge is 0.224 e. The van der Waals surface area contributed by atoms with Gasteiger partial charge in [0, 0.05) is 24.2 Å². The van der Waals surface area contributed by atoms with Crippen molar-refractivity contribution in [2.45, 2.75) is 34.1 Å². The Morgan fingerprint density at radius 1 is 1.30 bits per heavy atom. The molecule has 0 saturated heterocycles. The van der Waals surface area contributed by atoms with Crippen LogP contribution in [0.1, 0.15) is 34.1 Å². The van der Waals surface area contributed by atoms with Gasteiger partial charge in [-0.25, -0.2) is 8.78 Å². The van der Waals surface area contributed by atoms with E-state index in [1.54, 1.807) is 0 Å². The number of carbonyl (C=O) groups is 1. The van der Waals surface area contributed by atoms with E-state index in [4.69, 9.17) is 0 Å². The lowest BCUT2D eigenvalue weighted by Crippen LogP contribution is -2.24. The van der Waals surface area contributed by atoms with Crippen molar-refractivity contribution in [2.75, 3.05) is 12.4 Å². The Kier molecular flexibility index (Phi) is 5.09. The van der Waals surface area contributed by atoms with Gasteiger partial charge in [-0.05, 0) is 11.3 Å². The van der Waals surface area contributed by atoms with Gasteiger partial charge < -0.3 is 10.1 Å². The third-order valence-electron chi connectivity index (χ3n) is 3.46. The number of nitrogens with one attached hydrogen (secondary N) is 1. The summed E-state index contributed by atoms with van der Waals surface area (Å²) < 4.78 is 31.6. The predicted octanol–water partition coefficient (Wildman–Crippen LogP) is 3.98. The fraction of sp³-hybridized carbons (Fsp3) is 0.533. The third kappa shape index (κ3) is 4.18. The number of methoxy groups -OCH3 is 1. The normalized spacial score (nSPS) is 12.9. The summed E-state index contributed by atoms with van der Waals surface area (Å²) in [6.45, 7) is 8.09. The lowest BCUT2D eigenvalue weighted by Gasteiger charge is -2.26. The monoisotopic (exact) mass is 285 g/mol. The highest BCUT2D eigenvalue weighted by Crippen LogP contribution is 2.29. The molecule has 0 heterocycles. The highest BCUT2D eigenvalue weighted by atomic mass is 19.1. The van der Waals surface area contributed by atoms with Gasteiger partial charge in [0.2, 0.25) is 5.91 Å². The van der Waals surface area contributed by atoms with Gasteiger partial charge in [0.05, 0.1) is 7.11 Å². The number of carbonyl (C=O) groups excluding carboxylic acids is 1. The maximum absolute atomic E-state index is 13.5. The van der Waals surface area contributed by atoms with Crippen LogP contribution in [-0.4, -0.2) is 13.0 Å². The van der Waals surface area contributed by atoms with E-state index in [9.17, 15) is 13.6 Å². The third-order valence-corrected chi connectivity index (χ3v) is 3.46. The Morgan fingerprint density at radius 3 is 2.20 bits per heavy atom. The van der Waals surface area contributed by atoms with Crippen LogP contribution in [0.3, 0.4) is 0 Å². The van der Waals surface area contributed by atoms with Crippen LogP contribution in [0.15, 0.2) is 12.1 Å². The topological polar surface area (TPSA) is 38.3 Å². The second-order valence-electron chi connectivity index (χ2n) is 5.99. The van der Waals surface area contributed by atoms with E-state index in [0.29, 0.717) is 6.42 Å². The van der Waals surface area contributed by atoms with Crippen molar-refractivity contribution in [2.24, 2.45) is 11.3 Å². The number of halogens is 2. The van der Waals surface area contributed by atoms with Crippen molar-refractivity contribution in [3.63, 3.8) is 0 Å². The van der Waals surface area contributed by atoms with Gasteiger partial charge in [-0.1, -0.05) is 27.7 Å². The van der Waals surface area contributed by atoms with Crippen molar-refractivity contribution in [1.29, 1.82) is 0 Å². The van der Waals surface area contributed by atoms with Gasteiger partial charge in [-0.2, -0.15) is 0 Å². The summed E-state index contributed by atoms with van der Waals surface area (Å²) in [5.41, 5.74) is 0.0835. The molecule has 0 aliphatic heterocycles. The average Bonchev–Trinajstić information content (AvgIpc) is 2.26. The Labute approximate surface area is 118 Å². The molecule has 0 bridgehead atoms. The molecule has 0 saturated carbocycles. The van der Waals surface area contributed by atoms with Gasteiger partial charge in [0.1, 0.15) is 0 Å². The maximum atomic E-state index is 13.5. The average molecular weight is 285 g/mol. The summed E-state index contributed by atoms with van der Waals surface area (Å²) in [4.78, 5) is 11.9. The van der Waals surface area contributed by atoms with Crippen LogP contribution in [-0.2, 0) is 4.79 Å². The maximum Gasteiger partial charge on any atom is 0.224 e. The van der Waals surface area contributed by atoms with Gasteiger partial charge >= 0.3 is 0 Å². The second kappa shape index (κ2) is 6.20. The minimum absolute atomic E-state index is 0.00620. The first-order valence-electron chi connectivity index (χ1n) is 6.48. The Morgan fingerprint density at radius 2 is 1.80 bits per heavy atom. The Hall–Kier alpha value is -1.65. The lowest BCUT2D eigenvalue weighted by molar-refractivity contribution is -0.117. The zero-order valence-corrected chi connectivity index (χ0v) is 12.5. The van der Waals surface area contributed by atoms with Gasteiger partial charge in [-0.15, -0.1) is 0 Å². The summed E-state index contributed by atoms with van der Waals surface area (Å²) in [5.74, 6) is -2.25. The first-order valence-corrected chi connectivity index (χ1v) is 6.48. The van der Waals surface area contributed by atoms with E-state index >= 15 is 0 Å². The zero-order chi connectivity index (χ0) is 15.5. The van der Waals surface area contributed by atoms with E-state index in [2.05, 4.69) is 10.1 Å². The summed E-state index contributed by atoms with van der Waals surface area (Å²) in [6.07, 6.45) is 0.290. The van der Waals surface area contributed by atoms with E-state index in [-0.39, 0.29) is 22.9 Å². The van der Waals surface area contributed by atoms with Crippen LogP contribution >= 0.6 is 0 Å². The molecule has 1 amide bonds. The fourth-order valence-corrected chi connectivity index (χ4v) is 1.62. The van der Waals surface area contributed by atoms with Gasteiger partial charge in [0.25, 0.3) is 0 Å². The quantitative estimate of drug-likeness (QED) is 0.908. The van der Waals surface area contributed by atoms with Crippen LogP contribution < -0.4 is 10.1 Å². The molecule has 20 heavy (non-hydrogen) atoms. The molecule has 1 aromatic rings. The Balaban J connectivity index is 2.77. The highest BCUT2D eigenvalue weighted by molar-refractivity contribution is 5.91. The van der Waals surface area contributed by atoms with E-state index in [1.807, 2.05) is 27.7 Å². The minimum Gasteiger partial charge on any atom is -0.491 e. The first-order chi connectivity index (χ1) is 9.15. The molecule has 5 heteroatoms. The lowest BCUT2D eigenvalue weighted by atomic mass is 9.80. The van der Waals surface area contributed by atoms with E-state index in [0.717, 1.165) is 12.1 Å². The first kappa shape index (κ1) is 16.4. The molecule has 1 rings (SSSR count). The number of rotatable bonds is 4. The van der Waals surface area contributed by atoms with Crippen molar-refractivity contribution in [3.8, 4) is 5.75 Å². The molecule has 0 spiro atoms. The number of ether oxygens (including phenoxy) is 1. The SMILES string of the molecule is COc1c(F)cc(NC(=O)CC(C)C(C)(C)C)cc1F. The van der Waals surface area contributed by atoms with E-state index < -0.39 is 17.4 Å². The minimum atomic E-state index is -0.841. The van der Waals surface area contributed by atoms with Crippen molar-refractivity contribution >= 4 is 11.6 Å². The molecule has 1 atom stereocenters. The zero-order valence-electron chi connectivity index (χ0n) is 12.5. The van der Waals surface area contributed by atoms with Crippen LogP contribution in [0.4, 0.5) is 14.5 Å². The van der Waals surface area contributed by atoms with Crippen molar-refractivity contribution < 1.29 is 18.3 Å². The van der Waals surface area contributed by atoms with Crippen LogP contribution in [0.2, 0.25) is 0 Å². The fourth-order valence-electron chi connectivity index (χ4n) is 1.62. The number of amides is 1. The summed E-state index contributed by atoms with van der Waals surface area (Å²) >= 11 is 0. The van der Waals surface area contributed by atoms with Crippen LogP contribution in [0.5, 0.6) is 5.75 Å². The van der Waals surface area contributed by atoms with Crippen molar-refractivity contribution in [1.82, 2.24) is 0 Å². The molecule has 0 aliphatic carbocycles. The molecule has 0 aromatic heterocycles. The van der Waals surface area contributed by atoms with E-state index in [1.165, 1.54) is 7.11 Å². The van der Waals surface area contributed by atoms with Crippen LogP contribution in [0, 0.1) is 23.0 Å². The highest BCUT2D eigenvalue weighted by Gasteiger charge is 2.23. The molecule has 1 aromatic carbocycles. The summed E-state index contributed by atoms with van der Waals surface area (Å²) in [5, 5.41) is 2.50. The molecular weight excluding hydrogens is 264 g/mol. The standard InChI is InChI=1S/C15H21F2NO2/c1-9(15(2,3)4)6-13(19)18-10-7-11(16)14(20-5)12(17)8-10/h7-9H,6H2,1-5H3,(H,18,19). The molecular formula is C15H21F2NO2. The predicted molar refractivity (Wildman–Crippen MR) is 74.8 cm³/mol. The largest absolute Gasteiger partial charge is 0.491 e. The molecule has 0 aliphatic rings. The molecule has 0 radical (unpaired) electrons. The van der Waals surface area contributed by atoms with Gasteiger partial charge in [0.15, 0.2) is 17.4 Å². The molecule has 1 N–H and O–H groups in total. The Bertz CT molecular complexity index is 472. The second-order valence-corrected chi connectivity index (χ2v) is 5.99. The summed E-state index contributed by atoms with van der Waals surface area (Å²) in [7, 11) is 1.19. The number of benzene rings is 1. The van der Waals surface area contributed by atoms with Crippen LogP contribution in [0.25, 0.3) is 0 Å². The molecule has 1 unspecified atom stereocenters. The van der Waals surface area contributed by atoms with Gasteiger partial charge in [-0.3, -0.25) is 4.79 Å². The number of hydrogen-bond donors (Lipinski definition) is 1. The molecule has 3 nitrogen and oxygen atoms in total. The van der Waals surface area contributed by atoms with Crippen molar-refractivity contribution in [3.05, 3.63) is 23.8 Å². The number of hydrogen-bond acceptors (Lipinski definition) is 2. The number of anilines is 1. The molecule has 112 valence electrons.